The first-order valence-corrected chi connectivity index (χ1v) is 7.44. The van der Waals surface area contributed by atoms with E-state index < -0.39 is 0 Å². The summed E-state index contributed by atoms with van der Waals surface area (Å²) in [5, 5.41) is 4.44. The Kier molecular flexibility index (Phi) is 4.55. The number of fused-ring (bicyclic) bond motifs is 1. The van der Waals surface area contributed by atoms with Gasteiger partial charge in [0.1, 0.15) is 10.6 Å². The second-order valence-electron chi connectivity index (χ2n) is 4.54. The SMILES string of the molecule is CCc1cc2c(NCCN(C)CC)nc(N)nc2s1. The standard InChI is InChI=1S/C13H21N5S/c1-4-9-8-10-11(15-6-7-18(3)5-2)16-13(14)17-12(10)19-9/h8H,4-7H2,1-3H3,(H3,14,15,16,17). The van der Waals surface area contributed by atoms with E-state index in [0.29, 0.717) is 5.95 Å². The van der Waals surface area contributed by atoms with Gasteiger partial charge in [-0.1, -0.05) is 13.8 Å². The first-order valence-electron chi connectivity index (χ1n) is 6.62. The van der Waals surface area contributed by atoms with Gasteiger partial charge in [-0.15, -0.1) is 11.3 Å². The maximum absolute atomic E-state index is 5.77. The third kappa shape index (κ3) is 3.33. The molecule has 0 aliphatic heterocycles. The molecule has 104 valence electrons. The van der Waals surface area contributed by atoms with E-state index in [9.17, 15) is 0 Å². The van der Waals surface area contributed by atoms with Crippen molar-refractivity contribution in [1.82, 2.24) is 14.9 Å². The molecule has 2 aromatic heterocycles. The molecule has 0 radical (unpaired) electrons. The minimum atomic E-state index is 0.336. The molecule has 0 aromatic carbocycles. The minimum absolute atomic E-state index is 0.336. The number of nitrogens with two attached hydrogens (primary N) is 1. The van der Waals surface area contributed by atoms with Crippen LogP contribution in [0.2, 0.25) is 0 Å². The number of rotatable bonds is 6. The van der Waals surface area contributed by atoms with E-state index in [0.717, 1.165) is 42.1 Å². The molecule has 0 unspecified atom stereocenters. The van der Waals surface area contributed by atoms with Gasteiger partial charge in [0.25, 0.3) is 0 Å². The van der Waals surface area contributed by atoms with Crippen LogP contribution in [0.1, 0.15) is 18.7 Å². The fourth-order valence-corrected chi connectivity index (χ4v) is 2.79. The number of anilines is 2. The average molecular weight is 279 g/mol. The number of nitrogens with zero attached hydrogens (tertiary/aromatic N) is 3. The predicted octanol–water partition coefficient (Wildman–Crippen LogP) is 2.20. The summed E-state index contributed by atoms with van der Waals surface area (Å²) in [4.78, 5) is 13.1. The number of aryl methyl sites for hydroxylation is 1. The minimum Gasteiger partial charge on any atom is -0.368 e. The molecule has 19 heavy (non-hydrogen) atoms. The first kappa shape index (κ1) is 14.0. The van der Waals surface area contributed by atoms with Gasteiger partial charge in [0.2, 0.25) is 5.95 Å². The lowest BCUT2D eigenvalue weighted by atomic mass is 10.3. The monoisotopic (exact) mass is 279 g/mol. The Morgan fingerprint density at radius 1 is 1.37 bits per heavy atom. The van der Waals surface area contributed by atoms with Gasteiger partial charge in [0, 0.05) is 18.0 Å². The fourth-order valence-electron chi connectivity index (χ4n) is 1.82. The molecule has 0 bridgehead atoms. The summed E-state index contributed by atoms with van der Waals surface area (Å²) in [6.07, 6.45) is 1.01. The maximum Gasteiger partial charge on any atom is 0.223 e. The molecule has 0 amide bonds. The Balaban J connectivity index is 2.19. The van der Waals surface area contributed by atoms with Crippen LogP contribution in [-0.2, 0) is 6.42 Å². The molecule has 5 nitrogen and oxygen atoms in total. The Bertz CT molecular complexity index is 551. The van der Waals surface area contributed by atoms with Crippen LogP contribution in [0, 0.1) is 0 Å². The summed E-state index contributed by atoms with van der Waals surface area (Å²) < 4.78 is 0. The largest absolute Gasteiger partial charge is 0.368 e. The van der Waals surface area contributed by atoms with Crippen molar-refractivity contribution >= 4 is 33.3 Å². The normalized spacial score (nSPS) is 11.4. The fraction of sp³-hybridized carbons (Fsp3) is 0.538. The number of hydrogen-bond acceptors (Lipinski definition) is 6. The maximum atomic E-state index is 5.77. The molecule has 0 fully saturated rings. The van der Waals surface area contributed by atoms with Crippen LogP contribution < -0.4 is 11.1 Å². The summed E-state index contributed by atoms with van der Waals surface area (Å²) in [6, 6.07) is 2.16. The second-order valence-corrected chi connectivity index (χ2v) is 5.65. The number of likely N-dealkylation sites (N-methyl/N-ethyl adjacent to an activating group) is 1. The zero-order valence-corrected chi connectivity index (χ0v) is 12.5. The van der Waals surface area contributed by atoms with E-state index in [1.165, 1.54) is 4.88 Å². The number of aromatic nitrogens is 2. The third-order valence-electron chi connectivity index (χ3n) is 3.14. The van der Waals surface area contributed by atoms with Crippen LogP contribution in [0.3, 0.4) is 0 Å². The topological polar surface area (TPSA) is 67.1 Å². The number of nitrogen functional groups attached to an aromatic ring is 1. The van der Waals surface area contributed by atoms with Gasteiger partial charge in [0.05, 0.1) is 5.39 Å². The van der Waals surface area contributed by atoms with E-state index in [2.05, 4.69) is 47.1 Å². The Labute approximate surface area is 117 Å². The highest BCUT2D eigenvalue weighted by Gasteiger charge is 2.09. The molecule has 2 heterocycles. The third-order valence-corrected chi connectivity index (χ3v) is 4.31. The summed E-state index contributed by atoms with van der Waals surface area (Å²) in [6.45, 7) is 7.17. The molecule has 3 N–H and O–H groups in total. The van der Waals surface area contributed by atoms with Crippen molar-refractivity contribution in [3.63, 3.8) is 0 Å². The van der Waals surface area contributed by atoms with Crippen molar-refractivity contribution in [3.8, 4) is 0 Å². The molecular weight excluding hydrogens is 258 g/mol. The molecule has 0 spiro atoms. The predicted molar refractivity (Wildman–Crippen MR) is 82.9 cm³/mol. The number of nitrogens with one attached hydrogen (secondary N) is 1. The molecule has 2 rings (SSSR count). The lowest BCUT2D eigenvalue weighted by Gasteiger charge is -2.14. The van der Waals surface area contributed by atoms with Crippen molar-refractivity contribution in [3.05, 3.63) is 10.9 Å². The van der Waals surface area contributed by atoms with Crippen LogP contribution in [0.15, 0.2) is 6.07 Å². The van der Waals surface area contributed by atoms with Crippen molar-refractivity contribution < 1.29 is 0 Å². The zero-order valence-electron chi connectivity index (χ0n) is 11.7. The lowest BCUT2D eigenvalue weighted by Crippen LogP contribution is -2.25. The summed E-state index contributed by atoms with van der Waals surface area (Å²) >= 11 is 1.69. The van der Waals surface area contributed by atoms with Gasteiger partial charge in [-0.3, -0.25) is 0 Å². The van der Waals surface area contributed by atoms with E-state index in [-0.39, 0.29) is 0 Å². The molecule has 0 aliphatic rings. The lowest BCUT2D eigenvalue weighted by molar-refractivity contribution is 0.367. The molecule has 0 saturated carbocycles. The van der Waals surface area contributed by atoms with Crippen LogP contribution in [0.4, 0.5) is 11.8 Å². The van der Waals surface area contributed by atoms with Crippen molar-refractivity contribution in [1.29, 1.82) is 0 Å². The number of hydrogen-bond donors (Lipinski definition) is 2. The van der Waals surface area contributed by atoms with Crippen LogP contribution in [-0.4, -0.2) is 41.5 Å². The van der Waals surface area contributed by atoms with E-state index in [4.69, 9.17) is 5.73 Å². The van der Waals surface area contributed by atoms with Crippen LogP contribution >= 0.6 is 11.3 Å². The van der Waals surface area contributed by atoms with Crippen molar-refractivity contribution in [2.24, 2.45) is 0 Å². The van der Waals surface area contributed by atoms with Gasteiger partial charge in [-0.2, -0.15) is 4.98 Å². The molecule has 6 heteroatoms. The summed E-state index contributed by atoms with van der Waals surface area (Å²) in [5.41, 5.74) is 5.77. The van der Waals surface area contributed by atoms with Gasteiger partial charge in [-0.05, 0) is 26.1 Å². The Morgan fingerprint density at radius 2 is 2.16 bits per heavy atom. The summed E-state index contributed by atoms with van der Waals surface area (Å²) in [7, 11) is 2.10. The van der Waals surface area contributed by atoms with E-state index >= 15 is 0 Å². The van der Waals surface area contributed by atoms with Gasteiger partial charge < -0.3 is 16.0 Å². The van der Waals surface area contributed by atoms with E-state index in [1.54, 1.807) is 11.3 Å². The van der Waals surface area contributed by atoms with Crippen LogP contribution in [0.25, 0.3) is 10.2 Å². The summed E-state index contributed by atoms with van der Waals surface area (Å²) in [5.74, 6) is 1.19. The quantitative estimate of drug-likeness (QED) is 0.848. The van der Waals surface area contributed by atoms with Crippen molar-refractivity contribution in [2.45, 2.75) is 20.3 Å². The second kappa shape index (κ2) is 6.16. The van der Waals surface area contributed by atoms with Gasteiger partial charge in [0.15, 0.2) is 0 Å². The average Bonchev–Trinajstić information content (AvgIpc) is 2.81. The van der Waals surface area contributed by atoms with E-state index in [1.807, 2.05) is 0 Å². The van der Waals surface area contributed by atoms with Crippen LogP contribution in [0.5, 0.6) is 0 Å². The van der Waals surface area contributed by atoms with Gasteiger partial charge in [-0.25, -0.2) is 4.98 Å². The molecular formula is C13H21N5S. The molecule has 2 aromatic rings. The first-order chi connectivity index (χ1) is 9.13. The van der Waals surface area contributed by atoms with Crippen molar-refractivity contribution in [2.75, 3.05) is 37.7 Å². The van der Waals surface area contributed by atoms with Gasteiger partial charge >= 0.3 is 0 Å². The zero-order chi connectivity index (χ0) is 13.8. The number of thiophene rings is 1. The molecule has 0 atom stereocenters. The Morgan fingerprint density at radius 3 is 2.84 bits per heavy atom. The highest BCUT2D eigenvalue weighted by atomic mass is 32.1. The Hall–Kier alpha value is -1.40. The highest BCUT2D eigenvalue weighted by molar-refractivity contribution is 7.18. The molecule has 0 aliphatic carbocycles. The smallest absolute Gasteiger partial charge is 0.223 e. The highest BCUT2D eigenvalue weighted by Crippen LogP contribution is 2.29. The molecule has 0 saturated heterocycles.